The van der Waals surface area contributed by atoms with Gasteiger partial charge in [-0.1, -0.05) is 34.1 Å². The Hall–Kier alpha value is -4.11. The van der Waals surface area contributed by atoms with E-state index in [1.165, 1.54) is 20.3 Å². The molecular formula is C26H21BrN2O6. The molecule has 0 spiro atoms. The van der Waals surface area contributed by atoms with Crippen LogP contribution in [0.5, 0.6) is 17.2 Å². The number of ether oxygens (including phenoxy) is 3. The molecule has 1 heterocycles. The lowest BCUT2D eigenvalue weighted by atomic mass is 10.1. The predicted octanol–water partition coefficient (Wildman–Crippen LogP) is 4.71. The van der Waals surface area contributed by atoms with Crippen LogP contribution in [0, 0.1) is 0 Å². The first kappa shape index (κ1) is 24.0. The number of nitrogens with zero attached hydrogens (tertiary/aromatic N) is 1. The van der Waals surface area contributed by atoms with Gasteiger partial charge >= 0.3 is 6.03 Å². The first-order chi connectivity index (χ1) is 16.9. The van der Waals surface area contributed by atoms with Crippen LogP contribution in [0.15, 0.2) is 76.8 Å². The van der Waals surface area contributed by atoms with Crippen molar-refractivity contribution in [2.75, 3.05) is 19.1 Å². The van der Waals surface area contributed by atoms with E-state index in [-0.39, 0.29) is 5.57 Å². The van der Waals surface area contributed by atoms with Gasteiger partial charge in [-0.2, -0.15) is 0 Å². The zero-order chi connectivity index (χ0) is 24.9. The molecule has 0 aliphatic carbocycles. The summed E-state index contributed by atoms with van der Waals surface area (Å²) in [5.74, 6) is -0.00650. The fraction of sp³-hybridized carbons (Fsp3) is 0.115. The zero-order valence-electron chi connectivity index (χ0n) is 18.9. The molecule has 1 aliphatic heterocycles. The summed E-state index contributed by atoms with van der Waals surface area (Å²) in [4.78, 5) is 38.9. The van der Waals surface area contributed by atoms with Gasteiger partial charge in [-0.15, -0.1) is 0 Å². The van der Waals surface area contributed by atoms with E-state index < -0.39 is 17.8 Å². The monoisotopic (exact) mass is 536 g/mol. The van der Waals surface area contributed by atoms with Gasteiger partial charge in [0.1, 0.15) is 17.9 Å². The number of rotatable bonds is 7. The third-order valence-electron chi connectivity index (χ3n) is 5.24. The topological polar surface area (TPSA) is 94.2 Å². The van der Waals surface area contributed by atoms with Crippen molar-refractivity contribution in [2.24, 2.45) is 0 Å². The number of benzene rings is 3. The first-order valence-corrected chi connectivity index (χ1v) is 11.3. The lowest BCUT2D eigenvalue weighted by molar-refractivity contribution is -0.122. The minimum absolute atomic E-state index is 0.189. The largest absolute Gasteiger partial charge is 0.497 e. The maximum absolute atomic E-state index is 13.1. The Balaban J connectivity index is 1.57. The molecule has 1 N–H and O–H groups in total. The van der Waals surface area contributed by atoms with Crippen molar-refractivity contribution in [3.63, 3.8) is 0 Å². The van der Waals surface area contributed by atoms with Crippen molar-refractivity contribution in [3.05, 3.63) is 87.9 Å². The summed E-state index contributed by atoms with van der Waals surface area (Å²) in [5, 5.41) is 2.21. The SMILES string of the molecule is COc1ccc(N2C(=O)NC(=O)C(=Cc3ccc(OCc4ccc(Br)cc4)c(OC)c3)C2=O)cc1. The molecule has 8 nitrogen and oxygen atoms in total. The number of carbonyl (C=O) groups excluding carboxylic acids is 3. The summed E-state index contributed by atoms with van der Waals surface area (Å²) in [6.45, 7) is 0.337. The van der Waals surface area contributed by atoms with Crippen molar-refractivity contribution in [1.29, 1.82) is 0 Å². The number of nitrogens with one attached hydrogen (secondary N) is 1. The Morgan fingerprint density at radius 2 is 1.60 bits per heavy atom. The molecule has 1 saturated heterocycles. The zero-order valence-corrected chi connectivity index (χ0v) is 20.5. The second-order valence-corrected chi connectivity index (χ2v) is 8.40. The average molecular weight is 537 g/mol. The predicted molar refractivity (Wildman–Crippen MR) is 133 cm³/mol. The molecule has 4 amide bonds. The molecule has 1 fully saturated rings. The van der Waals surface area contributed by atoms with E-state index in [0.717, 1.165) is 14.9 Å². The molecular weight excluding hydrogens is 516 g/mol. The molecule has 0 atom stereocenters. The number of methoxy groups -OCH3 is 2. The molecule has 0 radical (unpaired) electrons. The van der Waals surface area contributed by atoms with Gasteiger partial charge in [-0.25, -0.2) is 9.69 Å². The molecule has 178 valence electrons. The Kier molecular flexibility index (Phi) is 7.17. The average Bonchev–Trinajstić information content (AvgIpc) is 2.86. The highest BCUT2D eigenvalue weighted by Crippen LogP contribution is 2.31. The van der Waals surface area contributed by atoms with Crippen molar-refractivity contribution >= 4 is 45.5 Å². The van der Waals surface area contributed by atoms with Crippen LogP contribution < -0.4 is 24.4 Å². The van der Waals surface area contributed by atoms with Gasteiger partial charge in [0.05, 0.1) is 19.9 Å². The Morgan fingerprint density at radius 3 is 2.26 bits per heavy atom. The molecule has 4 rings (SSSR count). The number of barbiturate groups is 1. The Bertz CT molecular complexity index is 1300. The van der Waals surface area contributed by atoms with E-state index >= 15 is 0 Å². The minimum atomic E-state index is -0.823. The summed E-state index contributed by atoms with van der Waals surface area (Å²) in [6.07, 6.45) is 1.40. The number of carbonyl (C=O) groups is 3. The fourth-order valence-electron chi connectivity index (χ4n) is 3.42. The molecule has 0 aromatic heterocycles. The minimum Gasteiger partial charge on any atom is -0.497 e. The molecule has 35 heavy (non-hydrogen) atoms. The van der Waals surface area contributed by atoms with Gasteiger partial charge in [0.15, 0.2) is 11.5 Å². The van der Waals surface area contributed by atoms with E-state index in [4.69, 9.17) is 14.2 Å². The second-order valence-electron chi connectivity index (χ2n) is 7.48. The van der Waals surface area contributed by atoms with E-state index in [9.17, 15) is 14.4 Å². The summed E-state index contributed by atoms with van der Waals surface area (Å²) in [7, 11) is 3.01. The lowest BCUT2D eigenvalue weighted by Crippen LogP contribution is -2.54. The van der Waals surface area contributed by atoms with E-state index in [1.807, 2.05) is 24.3 Å². The first-order valence-electron chi connectivity index (χ1n) is 10.5. The third kappa shape index (κ3) is 5.36. The fourth-order valence-corrected chi connectivity index (χ4v) is 3.69. The smallest absolute Gasteiger partial charge is 0.335 e. The van der Waals surface area contributed by atoms with Crippen LogP contribution in [0.2, 0.25) is 0 Å². The van der Waals surface area contributed by atoms with Crippen molar-refractivity contribution in [1.82, 2.24) is 5.32 Å². The van der Waals surface area contributed by atoms with Crippen LogP contribution in [0.1, 0.15) is 11.1 Å². The van der Waals surface area contributed by atoms with Crippen LogP contribution >= 0.6 is 15.9 Å². The summed E-state index contributed by atoms with van der Waals surface area (Å²) in [5.41, 5.74) is 1.63. The van der Waals surface area contributed by atoms with E-state index in [2.05, 4.69) is 21.2 Å². The number of anilines is 1. The molecule has 9 heteroatoms. The summed E-state index contributed by atoms with van der Waals surface area (Å²) < 4.78 is 17.4. The second kappa shape index (κ2) is 10.4. The van der Waals surface area contributed by atoms with E-state index in [0.29, 0.717) is 35.1 Å². The number of halogens is 1. The van der Waals surface area contributed by atoms with Crippen molar-refractivity contribution in [2.45, 2.75) is 6.61 Å². The highest BCUT2D eigenvalue weighted by Gasteiger charge is 2.36. The van der Waals surface area contributed by atoms with Crippen LogP contribution in [-0.4, -0.2) is 32.1 Å². The number of urea groups is 1. The van der Waals surface area contributed by atoms with Crippen molar-refractivity contribution < 1.29 is 28.6 Å². The summed E-state index contributed by atoms with van der Waals surface area (Å²) >= 11 is 3.40. The number of hydrogen-bond acceptors (Lipinski definition) is 6. The van der Waals surface area contributed by atoms with Crippen molar-refractivity contribution in [3.8, 4) is 17.2 Å². The number of amides is 4. The highest BCUT2D eigenvalue weighted by molar-refractivity contribution is 9.10. The molecule has 3 aromatic rings. The molecule has 3 aromatic carbocycles. The van der Waals surface area contributed by atoms with Gasteiger partial charge in [0.25, 0.3) is 11.8 Å². The maximum atomic E-state index is 13.1. The van der Waals surface area contributed by atoms with Crippen LogP contribution in [0.3, 0.4) is 0 Å². The molecule has 0 bridgehead atoms. The highest BCUT2D eigenvalue weighted by atomic mass is 79.9. The van der Waals surface area contributed by atoms with Gasteiger partial charge in [0, 0.05) is 4.47 Å². The van der Waals surface area contributed by atoms with Crippen LogP contribution in [-0.2, 0) is 16.2 Å². The molecule has 0 saturated carbocycles. The van der Waals surface area contributed by atoms with E-state index in [1.54, 1.807) is 42.5 Å². The maximum Gasteiger partial charge on any atom is 0.335 e. The van der Waals surface area contributed by atoms with Gasteiger partial charge < -0.3 is 14.2 Å². The quantitative estimate of drug-likeness (QED) is 0.347. The Morgan fingerprint density at radius 1 is 0.886 bits per heavy atom. The Labute approximate surface area is 210 Å². The normalized spacial score (nSPS) is 14.7. The van der Waals surface area contributed by atoms with Gasteiger partial charge in [-0.05, 0) is 65.7 Å². The summed E-state index contributed by atoms with van der Waals surface area (Å²) in [6, 6.07) is 18.3. The van der Waals surface area contributed by atoms with Crippen LogP contribution in [0.4, 0.5) is 10.5 Å². The lowest BCUT2D eigenvalue weighted by Gasteiger charge is -2.26. The molecule has 0 unspecified atom stereocenters. The third-order valence-corrected chi connectivity index (χ3v) is 5.77. The van der Waals surface area contributed by atoms with Gasteiger partial charge in [0.2, 0.25) is 0 Å². The van der Waals surface area contributed by atoms with Crippen LogP contribution in [0.25, 0.3) is 6.08 Å². The standard InChI is InChI=1S/C26H21BrN2O6/c1-33-20-10-8-19(9-11-20)29-25(31)21(24(30)28-26(29)32)13-17-5-12-22(23(14-17)34-2)35-15-16-3-6-18(27)7-4-16/h3-14H,15H2,1-2H3,(H,28,30,32). The van der Waals surface area contributed by atoms with Gasteiger partial charge in [-0.3, -0.25) is 14.9 Å². The number of hydrogen-bond donors (Lipinski definition) is 1. The number of imide groups is 2. The molecule has 1 aliphatic rings.